The van der Waals surface area contributed by atoms with Gasteiger partial charge in [0.2, 0.25) is 0 Å². The molecule has 5 nitrogen and oxygen atoms in total. The average Bonchev–Trinajstić information content (AvgIpc) is 2.13. The molecular formula is C12H21NO4. The minimum absolute atomic E-state index is 0.192. The van der Waals surface area contributed by atoms with Gasteiger partial charge in [-0.1, -0.05) is 6.92 Å². The lowest BCUT2D eigenvalue weighted by Crippen LogP contribution is -2.47. The first kappa shape index (κ1) is 13.8. The smallest absolute Gasteiger partial charge is 0.410 e. The maximum atomic E-state index is 11.8. The number of hydrogen-bond donors (Lipinski definition) is 1. The summed E-state index contributed by atoms with van der Waals surface area (Å²) in [6.07, 6.45) is 0.199. The van der Waals surface area contributed by atoms with E-state index in [9.17, 15) is 9.59 Å². The molecule has 1 amide bonds. The summed E-state index contributed by atoms with van der Waals surface area (Å²) in [6, 6.07) is 0. The zero-order chi connectivity index (χ0) is 13.2. The van der Waals surface area contributed by atoms with Crippen molar-refractivity contribution in [2.75, 3.05) is 13.1 Å². The second-order valence-corrected chi connectivity index (χ2v) is 5.76. The number of piperidine rings is 1. The molecule has 0 spiro atoms. The van der Waals surface area contributed by atoms with Crippen LogP contribution >= 0.6 is 0 Å². The Balaban J connectivity index is 2.64. The molecule has 17 heavy (non-hydrogen) atoms. The highest BCUT2D eigenvalue weighted by Crippen LogP contribution is 2.23. The fraction of sp³-hybridized carbons (Fsp3) is 0.833. The Morgan fingerprint density at radius 3 is 2.35 bits per heavy atom. The van der Waals surface area contributed by atoms with Gasteiger partial charge in [-0.3, -0.25) is 4.79 Å². The number of aliphatic carboxylic acids is 1. The molecule has 1 aliphatic rings. The Morgan fingerprint density at radius 1 is 1.29 bits per heavy atom. The summed E-state index contributed by atoms with van der Waals surface area (Å²) in [5.74, 6) is -1.13. The lowest BCUT2D eigenvalue weighted by molar-refractivity contribution is -0.144. The summed E-state index contributed by atoms with van der Waals surface area (Å²) < 4.78 is 5.25. The quantitative estimate of drug-likeness (QED) is 0.764. The van der Waals surface area contributed by atoms with Gasteiger partial charge in [-0.25, -0.2) is 4.79 Å². The van der Waals surface area contributed by atoms with E-state index in [2.05, 4.69) is 0 Å². The summed E-state index contributed by atoms with van der Waals surface area (Å²) in [4.78, 5) is 24.3. The molecule has 1 aliphatic heterocycles. The van der Waals surface area contributed by atoms with E-state index in [0.717, 1.165) is 0 Å². The molecule has 0 saturated carbocycles. The standard InChI is InChI=1S/C12H21NO4/c1-8-5-9(10(14)15)7-13(6-8)11(16)17-12(2,3)4/h8-9H,5-7H2,1-4H3,(H,14,15)/t8-,9+/m1/s1. The predicted octanol–water partition coefficient (Wildman–Crippen LogP) is 1.96. The van der Waals surface area contributed by atoms with Crippen LogP contribution in [0.2, 0.25) is 0 Å². The third-order valence-corrected chi connectivity index (χ3v) is 2.66. The number of carbonyl (C=O) groups is 2. The zero-order valence-corrected chi connectivity index (χ0v) is 10.9. The molecule has 0 aliphatic carbocycles. The molecule has 5 heteroatoms. The van der Waals surface area contributed by atoms with E-state index < -0.39 is 23.6 Å². The highest BCUT2D eigenvalue weighted by Gasteiger charge is 2.33. The monoisotopic (exact) mass is 243 g/mol. The van der Waals surface area contributed by atoms with E-state index >= 15 is 0 Å². The molecule has 1 heterocycles. The van der Waals surface area contributed by atoms with Crippen LogP contribution in [0.25, 0.3) is 0 Å². The summed E-state index contributed by atoms with van der Waals surface area (Å²) in [7, 11) is 0. The fourth-order valence-corrected chi connectivity index (χ4v) is 2.01. The van der Waals surface area contributed by atoms with E-state index in [4.69, 9.17) is 9.84 Å². The first-order valence-electron chi connectivity index (χ1n) is 5.90. The van der Waals surface area contributed by atoms with Crippen molar-refractivity contribution in [1.29, 1.82) is 0 Å². The summed E-state index contributed by atoms with van der Waals surface area (Å²) >= 11 is 0. The van der Waals surface area contributed by atoms with Gasteiger partial charge in [0, 0.05) is 13.1 Å². The number of nitrogens with zero attached hydrogens (tertiary/aromatic N) is 1. The molecular weight excluding hydrogens is 222 g/mol. The first-order chi connectivity index (χ1) is 7.69. The van der Waals surface area contributed by atoms with Crippen molar-refractivity contribution >= 4 is 12.1 Å². The Bertz CT molecular complexity index is 308. The fourth-order valence-electron chi connectivity index (χ4n) is 2.01. The number of ether oxygens (including phenoxy) is 1. The van der Waals surface area contributed by atoms with Gasteiger partial charge >= 0.3 is 12.1 Å². The minimum Gasteiger partial charge on any atom is -0.481 e. The van der Waals surface area contributed by atoms with Crippen molar-refractivity contribution in [3.8, 4) is 0 Å². The van der Waals surface area contributed by atoms with Crippen molar-refractivity contribution in [2.24, 2.45) is 11.8 Å². The number of amides is 1. The molecule has 1 N–H and O–H groups in total. The Hall–Kier alpha value is -1.26. The summed E-state index contributed by atoms with van der Waals surface area (Å²) in [5, 5.41) is 9.01. The molecule has 0 unspecified atom stereocenters. The van der Waals surface area contributed by atoms with Gasteiger partial charge in [0.25, 0.3) is 0 Å². The number of carboxylic acid groups (broad SMARTS) is 1. The Kier molecular flexibility index (Phi) is 4.01. The Labute approximate surface area is 102 Å². The van der Waals surface area contributed by atoms with Crippen LogP contribution in [0.3, 0.4) is 0 Å². The van der Waals surface area contributed by atoms with Crippen molar-refractivity contribution in [2.45, 2.75) is 39.7 Å². The van der Waals surface area contributed by atoms with Crippen LogP contribution < -0.4 is 0 Å². The third-order valence-electron chi connectivity index (χ3n) is 2.66. The number of carboxylic acids is 1. The zero-order valence-electron chi connectivity index (χ0n) is 10.9. The van der Waals surface area contributed by atoms with Gasteiger partial charge in [0.05, 0.1) is 5.92 Å². The molecule has 0 radical (unpaired) electrons. The van der Waals surface area contributed by atoms with E-state index in [0.29, 0.717) is 13.0 Å². The van der Waals surface area contributed by atoms with E-state index in [1.165, 1.54) is 4.90 Å². The minimum atomic E-state index is -0.842. The lowest BCUT2D eigenvalue weighted by Gasteiger charge is -2.35. The van der Waals surface area contributed by atoms with Crippen LogP contribution in [0.1, 0.15) is 34.1 Å². The molecule has 2 atom stereocenters. The summed E-state index contributed by atoms with van der Waals surface area (Å²) in [6.45, 7) is 8.16. The maximum absolute atomic E-state index is 11.8. The average molecular weight is 243 g/mol. The molecule has 0 aromatic rings. The van der Waals surface area contributed by atoms with Crippen molar-refractivity contribution in [3.05, 3.63) is 0 Å². The van der Waals surface area contributed by atoms with Crippen LogP contribution in [0.4, 0.5) is 4.79 Å². The number of rotatable bonds is 1. The second-order valence-electron chi connectivity index (χ2n) is 5.76. The SMILES string of the molecule is C[C@@H]1C[C@H](C(=O)O)CN(C(=O)OC(C)(C)C)C1. The first-order valence-corrected chi connectivity index (χ1v) is 5.90. The van der Waals surface area contributed by atoms with E-state index in [1.807, 2.05) is 6.92 Å². The van der Waals surface area contributed by atoms with Gasteiger partial charge in [0.1, 0.15) is 5.60 Å². The van der Waals surface area contributed by atoms with Gasteiger partial charge in [0.15, 0.2) is 0 Å². The molecule has 1 rings (SSSR count). The van der Waals surface area contributed by atoms with Crippen LogP contribution in [0, 0.1) is 11.8 Å². The predicted molar refractivity (Wildman–Crippen MR) is 62.7 cm³/mol. The molecule has 98 valence electrons. The van der Waals surface area contributed by atoms with Gasteiger partial charge in [-0.2, -0.15) is 0 Å². The van der Waals surface area contributed by atoms with Crippen molar-refractivity contribution in [3.63, 3.8) is 0 Å². The lowest BCUT2D eigenvalue weighted by atomic mass is 9.91. The van der Waals surface area contributed by atoms with Crippen molar-refractivity contribution in [1.82, 2.24) is 4.90 Å². The molecule has 0 aromatic carbocycles. The highest BCUT2D eigenvalue weighted by atomic mass is 16.6. The largest absolute Gasteiger partial charge is 0.481 e. The summed E-state index contributed by atoms with van der Waals surface area (Å²) in [5.41, 5.74) is -0.545. The van der Waals surface area contributed by atoms with Crippen LogP contribution in [0.5, 0.6) is 0 Å². The number of hydrogen-bond acceptors (Lipinski definition) is 3. The van der Waals surface area contributed by atoms with Gasteiger partial charge < -0.3 is 14.7 Å². The van der Waals surface area contributed by atoms with Crippen LogP contribution in [-0.2, 0) is 9.53 Å². The Morgan fingerprint density at radius 2 is 1.88 bits per heavy atom. The van der Waals surface area contributed by atoms with E-state index in [-0.39, 0.29) is 12.5 Å². The second kappa shape index (κ2) is 4.94. The van der Waals surface area contributed by atoms with Gasteiger partial charge in [-0.15, -0.1) is 0 Å². The number of carbonyl (C=O) groups excluding carboxylic acids is 1. The normalized spacial score (nSPS) is 25.5. The number of likely N-dealkylation sites (tertiary alicyclic amines) is 1. The van der Waals surface area contributed by atoms with Crippen molar-refractivity contribution < 1.29 is 19.4 Å². The topological polar surface area (TPSA) is 66.8 Å². The maximum Gasteiger partial charge on any atom is 0.410 e. The van der Waals surface area contributed by atoms with Gasteiger partial charge in [-0.05, 0) is 33.1 Å². The van der Waals surface area contributed by atoms with Crippen LogP contribution in [-0.4, -0.2) is 40.8 Å². The third kappa shape index (κ3) is 4.24. The molecule has 1 saturated heterocycles. The van der Waals surface area contributed by atoms with Crippen LogP contribution in [0.15, 0.2) is 0 Å². The highest BCUT2D eigenvalue weighted by molar-refractivity contribution is 5.73. The molecule has 1 fully saturated rings. The molecule has 0 aromatic heterocycles. The van der Waals surface area contributed by atoms with E-state index in [1.54, 1.807) is 20.8 Å². The molecule has 0 bridgehead atoms.